The number of furan rings is 1. The number of rotatable bonds is 7. The normalized spacial score (nSPS) is 18.6. The molecule has 1 fully saturated rings. The van der Waals surface area contributed by atoms with Crippen LogP contribution in [0.15, 0.2) is 46.9 Å². The number of carbonyl (C=O) groups is 1. The Bertz CT molecular complexity index is 701. The Morgan fingerprint density at radius 3 is 2.81 bits per heavy atom. The average molecular weight is 358 g/mol. The van der Waals surface area contributed by atoms with Crippen LogP contribution in [0.25, 0.3) is 0 Å². The SMILES string of the molecule is CN(CC(=O)O)C1CCCN(Cc2ccc(Oc3ccccc3)o2)CC1. The van der Waals surface area contributed by atoms with E-state index in [1.807, 2.05) is 54.4 Å². The lowest BCUT2D eigenvalue weighted by Gasteiger charge is -2.25. The molecule has 1 aliphatic heterocycles. The summed E-state index contributed by atoms with van der Waals surface area (Å²) in [7, 11) is 1.90. The Morgan fingerprint density at radius 2 is 2.04 bits per heavy atom. The summed E-state index contributed by atoms with van der Waals surface area (Å²) in [5.41, 5.74) is 0. The van der Waals surface area contributed by atoms with Crippen LogP contribution in [-0.2, 0) is 11.3 Å². The topological polar surface area (TPSA) is 66.2 Å². The molecular weight excluding hydrogens is 332 g/mol. The van der Waals surface area contributed by atoms with Crippen LogP contribution < -0.4 is 4.74 Å². The summed E-state index contributed by atoms with van der Waals surface area (Å²) in [5.74, 6) is 1.37. The standard InChI is InChI=1S/C20H26N2O4/c1-21(15-19(23)24)16-6-5-12-22(13-11-16)14-18-9-10-20(26-18)25-17-7-3-2-4-8-17/h2-4,7-10,16H,5-6,11-15H2,1H3,(H,23,24). The smallest absolute Gasteiger partial charge is 0.317 e. The predicted octanol–water partition coefficient (Wildman–Crippen LogP) is 3.44. The zero-order valence-electron chi connectivity index (χ0n) is 15.1. The molecule has 0 bridgehead atoms. The van der Waals surface area contributed by atoms with E-state index in [4.69, 9.17) is 14.3 Å². The quantitative estimate of drug-likeness (QED) is 0.818. The lowest BCUT2D eigenvalue weighted by molar-refractivity contribution is -0.138. The highest BCUT2D eigenvalue weighted by Crippen LogP contribution is 2.25. The van der Waals surface area contributed by atoms with Gasteiger partial charge in [-0.15, -0.1) is 0 Å². The van der Waals surface area contributed by atoms with Crippen molar-refractivity contribution in [3.63, 3.8) is 0 Å². The van der Waals surface area contributed by atoms with Crippen molar-refractivity contribution in [2.75, 3.05) is 26.7 Å². The van der Waals surface area contributed by atoms with Gasteiger partial charge < -0.3 is 14.3 Å². The van der Waals surface area contributed by atoms with Gasteiger partial charge in [-0.2, -0.15) is 0 Å². The molecule has 1 aromatic heterocycles. The van der Waals surface area contributed by atoms with Crippen LogP contribution in [0.5, 0.6) is 11.7 Å². The van der Waals surface area contributed by atoms with Crippen LogP contribution in [0.1, 0.15) is 25.0 Å². The molecule has 0 amide bonds. The van der Waals surface area contributed by atoms with Crippen molar-refractivity contribution in [2.24, 2.45) is 0 Å². The van der Waals surface area contributed by atoms with Gasteiger partial charge in [0.2, 0.25) is 0 Å². The van der Waals surface area contributed by atoms with E-state index in [-0.39, 0.29) is 6.54 Å². The highest BCUT2D eigenvalue weighted by molar-refractivity contribution is 5.69. The third-order valence-corrected chi connectivity index (χ3v) is 4.78. The van der Waals surface area contributed by atoms with Crippen LogP contribution in [-0.4, -0.2) is 53.6 Å². The number of ether oxygens (including phenoxy) is 1. The van der Waals surface area contributed by atoms with Crippen molar-refractivity contribution in [1.29, 1.82) is 0 Å². The first kappa shape index (κ1) is 18.5. The zero-order chi connectivity index (χ0) is 18.4. The van der Waals surface area contributed by atoms with Crippen molar-refractivity contribution in [2.45, 2.75) is 31.8 Å². The summed E-state index contributed by atoms with van der Waals surface area (Å²) in [6.45, 7) is 2.77. The Morgan fingerprint density at radius 1 is 1.23 bits per heavy atom. The molecule has 0 radical (unpaired) electrons. The van der Waals surface area contributed by atoms with Gasteiger partial charge in [0.15, 0.2) is 0 Å². The first-order valence-corrected chi connectivity index (χ1v) is 9.06. The summed E-state index contributed by atoms with van der Waals surface area (Å²) in [4.78, 5) is 15.2. The highest BCUT2D eigenvalue weighted by Gasteiger charge is 2.22. The molecule has 1 saturated heterocycles. The predicted molar refractivity (Wildman–Crippen MR) is 98.4 cm³/mol. The molecule has 2 heterocycles. The van der Waals surface area contributed by atoms with Gasteiger partial charge in [-0.05, 0) is 51.1 Å². The molecule has 1 aliphatic rings. The molecule has 1 N–H and O–H groups in total. The van der Waals surface area contributed by atoms with Crippen molar-refractivity contribution < 1.29 is 19.1 Å². The van der Waals surface area contributed by atoms with Gasteiger partial charge in [-0.25, -0.2) is 0 Å². The third-order valence-electron chi connectivity index (χ3n) is 4.78. The Labute approximate surface area is 154 Å². The molecule has 3 rings (SSSR count). The monoisotopic (exact) mass is 358 g/mol. The highest BCUT2D eigenvalue weighted by atomic mass is 16.6. The van der Waals surface area contributed by atoms with Crippen LogP contribution >= 0.6 is 0 Å². The van der Waals surface area contributed by atoms with Gasteiger partial charge in [-0.3, -0.25) is 14.6 Å². The molecule has 0 saturated carbocycles. The molecular formula is C20H26N2O4. The van der Waals surface area contributed by atoms with Gasteiger partial charge in [0, 0.05) is 18.7 Å². The van der Waals surface area contributed by atoms with Gasteiger partial charge in [0.25, 0.3) is 5.95 Å². The van der Waals surface area contributed by atoms with Gasteiger partial charge in [-0.1, -0.05) is 18.2 Å². The first-order valence-electron chi connectivity index (χ1n) is 9.06. The molecule has 26 heavy (non-hydrogen) atoms. The average Bonchev–Trinajstić information content (AvgIpc) is 2.90. The fourth-order valence-corrected chi connectivity index (χ4v) is 3.40. The number of hydrogen-bond acceptors (Lipinski definition) is 5. The molecule has 1 atom stereocenters. The number of likely N-dealkylation sites (tertiary alicyclic amines) is 1. The Kier molecular flexibility index (Phi) is 6.30. The number of aliphatic carboxylic acids is 1. The number of carboxylic acids is 1. The van der Waals surface area contributed by atoms with Crippen molar-refractivity contribution >= 4 is 5.97 Å². The number of benzene rings is 1. The maximum absolute atomic E-state index is 10.9. The van der Waals surface area contributed by atoms with Gasteiger partial charge >= 0.3 is 5.97 Å². The molecule has 6 heteroatoms. The number of nitrogens with zero attached hydrogens (tertiary/aromatic N) is 2. The molecule has 140 valence electrons. The molecule has 2 aromatic rings. The van der Waals surface area contributed by atoms with E-state index in [2.05, 4.69) is 4.90 Å². The van der Waals surface area contributed by atoms with Gasteiger partial charge in [0.1, 0.15) is 11.5 Å². The number of carboxylic acid groups (broad SMARTS) is 1. The van der Waals surface area contributed by atoms with Crippen LogP contribution in [0, 0.1) is 0 Å². The summed E-state index contributed by atoms with van der Waals surface area (Å²) < 4.78 is 11.5. The lowest BCUT2D eigenvalue weighted by Crippen LogP contribution is -2.36. The largest absolute Gasteiger partial charge is 0.480 e. The number of likely N-dealkylation sites (N-methyl/N-ethyl adjacent to an activating group) is 1. The zero-order valence-corrected chi connectivity index (χ0v) is 15.1. The molecule has 0 spiro atoms. The Hall–Kier alpha value is -2.31. The van der Waals surface area contributed by atoms with Crippen LogP contribution in [0.3, 0.4) is 0 Å². The van der Waals surface area contributed by atoms with E-state index in [1.54, 1.807) is 0 Å². The number of para-hydroxylation sites is 1. The van der Waals surface area contributed by atoms with Crippen LogP contribution in [0.2, 0.25) is 0 Å². The lowest BCUT2D eigenvalue weighted by atomic mass is 10.1. The van der Waals surface area contributed by atoms with Crippen molar-refractivity contribution in [1.82, 2.24) is 9.80 Å². The molecule has 0 aliphatic carbocycles. The van der Waals surface area contributed by atoms with E-state index in [9.17, 15) is 4.79 Å². The van der Waals surface area contributed by atoms with Crippen molar-refractivity contribution in [3.05, 3.63) is 48.2 Å². The molecule has 1 aromatic carbocycles. The van der Waals surface area contributed by atoms with E-state index >= 15 is 0 Å². The second kappa shape index (κ2) is 8.87. The summed E-state index contributed by atoms with van der Waals surface area (Å²) in [5, 5.41) is 8.96. The second-order valence-corrected chi connectivity index (χ2v) is 6.81. The minimum Gasteiger partial charge on any atom is -0.480 e. The van der Waals surface area contributed by atoms with Crippen molar-refractivity contribution in [3.8, 4) is 11.7 Å². The maximum Gasteiger partial charge on any atom is 0.317 e. The first-order chi connectivity index (χ1) is 12.6. The fraction of sp³-hybridized carbons (Fsp3) is 0.450. The van der Waals surface area contributed by atoms with Crippen LogP contribution in [0.4, 0.5) is 0 Å². The fourth-order valence-electron chi connectivity index (χ4n) is 3.40. The minimum atomic E-state index is -0.768. The minimum absolute atomic E-state index is 0.100. The molecule has 6 nitrogen and oxygen atoms in total. The summed E-state index contributed by atoms with van der Waals surface area (Å²) in [6.07, 6.45) is 3.06. The summed E-state index contributed by atoms with van der Waals surface area (Å²) >= 11 is 0. The maximum atomic E-state index is 10.9. The third kappa shape index (κ3) is 5.34. The second-order valence-electron chi connectivity index (χ2n) is 6.81. The van der Waals surface area contributed by atoms with E-state index in [1.165, 1.54) is 0 Å². The van der Waals surface area contributed by atoms with E-state index < -0.39 is 5.97 Å². The summed E-state index contributed by atoms with van der Waals surface area (Å²) in [6, 6.07) is 13.7. The molecule has 1 unspecified atom stereocenters. The van der Waals surface area contributed by atoms with E-state index in [0.29, 0.717) is 12.0 Å². The van der Waals surface area contributed by atoms with E-state index in [0.717, 1.165) is 50.4 Å². The van der Waals surface area contributed by atoms with Gasteiger partial charge in [0.05, 0.1) is 13.1 Å². The number of hydrogen-bond donors (Lipinski definition) is 1. The Balaban J connectivity index is 1.51.